The highest BCUT2D eigenvalue weighted by Gasteiger charge is 2.29. The van der Waals surface area contributed by atoms with Gasteiger partial charge in [-0.1, -0.05) is 0 Å². The summed E-state index contributed by atoms with van der Waals surface area (Å²) in [5.41, 5.74) is 0.869. The molecule has 8 heteroatoms. The summed E-state index contributed by atoms with van der Waals surface area (Å²) >= 11 is 1.31. The lowest BCUT2D eigenvalue weighted by molar-refractivity contribution is -0.143. The number of carboxylic acids is 1. The third kappa shape index (κ3) is 2.87. The van der Waals surface area contributed by atoms with E-state index in [9.17, 15) is 9.59 Å². The number of carboxylic acid groups (broad SMARTS) is 1. The van der Waals surface area contributed by atoms with Gasteiger partial charge in [0.15, 0.2) is 0 Å². The van der Waals surface area contributed by atoms with E-state index in [2.05, 4.69) is 10.1 Å². The topological polar surface area (TPSA) is 88.3 Å². The van der Waals surface area contributed by atoms with Crippen molar-refractivity contribution in [2.75, 3.05) is 13.1 Å². The lowest BCUT2D eigenvalue weighted by Gasteiger charge is -2.30. The van der Waals surface area contributed by atoms with E-state index >= 15 is 0 Å². The number of hydrogen-bond donors (Lipinski definition) is 1. The number of amides is 1. The van der Waals surface area contributed by atoms with Gasteiger partial charge in [-0.05, 0) is 12.8 Å². The van der Waals surface area contributed by atoms with Gasteiger partial charge in [0.1, 0.15) is 9.88 Å². The molecular weight excluding hydrogens is 304 g/mol. The zero-order chi connectivity index (χ0) is 15.7. The second kappa shape index (κ2) is 5.88. The summed E-state index contributed by atoms with van der Waals surface area (Å²) in [5, 5.41) is 13.9. The Morgan fingerprint density at radius 1 is 1.41 bits per heavy atom. The van der Waals surface area contributed by atoms with Crippen LogP contribution < -0.4 is 0 Å². The molecule has 0 aromatic carbocycles. The van der Waals surface area contributed by atoms with Crippen molar-refractivity contribution in [3.8, 4) is 10.6 Å². The van der Waals surface area contributed by atoms with Gasteiger partial charge in [0, 0.05) is 31.9 Å². The molecule has 0 aliphatic carbocycles. The number of aryl methyl sites for hydroxylation is 1. The van der Waals surface area contributed by atoms with Crippen LogP contribution in [0.15, 0.2) is 18.6 Å². The molecule has 1 saturated heterocycles. The molecule has 7 nitrogen and oxygen atoms in total. The summed E-state index contributed by atoms with van der Waals surface area (Å²) < 4.78 is 1.68. The van der Waals surface area contributed by atoms with Crippen LogP contribution in [0, 0.1) is 5.92 Å². The number of carbonyl (C=O) groups excluding carboxylic acids is 1. The maximum Gasteiger partial charge on any atom is 0.308 e. The molecule has 0 saturated carbocycles. The molecule has 1 aliphatic rings. The fourth-order valence-corrected chi connectivity index (χ4v) is 3.42. The standard InChI is InChI=1S/C14H16N4O3S/c1-17-7-10(5-16-17)12-15-6-11(22-12)13(19)18-4-2-3-9(8-18)14(20)21/h5-7,9H,2-4,8H2,1H3,(H,20,21)/t9-/m1/s1. The first-order valence-corrected chi connectivity index (χ1v) is 7.83. The van der Waals surface area contributed by atoms with Gasteiger partial charge in [0.05, 0.1) is 18.3 Å². The first-order chi connectivity index (χ1) is 10.5. The average Bonchev–Trinajstić information content (AvgIpc) is 3.15. The summed E-state index contributed by atoms with van der Waals surface area (Å²) in [5.74, 6) is -1.44. The zero-order valence-corrected chi connectivity index (χ0v) is 12.9. The molecule has 116 valence electrons. The van der Waals surface area contributed by atoms with E-state index in [1.54, 1.807) is 22.0 Å². The Labute approximate surface area is 131 Å². The Morgan fingerprint density at radius 2 is 2.23 bits per heavy atom. The molecule has 1 amide bonds. The van der Waals surface area contributed by atoms with Crippen molar-refractivity contribution < 1.29 is 14.7 Å². The summed E-state index contributed by atoms with van der Waals surface area (Å²) in [7, 11) is 1.82. The Hall–Kier alpha value is -2.22. The highest BCUT2D eigenvalue weighted by Crippen LogP contribution is 2.27. The quantitative estimate of drug-likeness (QED) is 0.925. The van der Waals surface area contributed by atoms with E-state index < -0.39 is 11.9 Å². The summed E-state index contributed by atoms with van der Waals surface area (Å²) in [4.78, 5) is 30.0. The number of aliphatic carboxylic acids is 1. The minimum Gasteiger partial charge on any atom is -0.481 e. The Kier molecular flexibility index (Phi) is 3.93. The van der Waals surface area contributed by atoms with E-state index in [-0.39, 0.29) is 12.5 Å². The maximum atomic E-state index is 12.5. The molecule has 1 aliphatic heterocycles. The number of likely N-dealkylation sites (tertiary alicyclic amines) is 1. The van der Waals surface area contributed by atoms with Gasteiger partial charge in [-0.3, -0.25) is 14.3 Å². The first kappa shape index (κ1) is 14.7. The molecule has 1 fully saturated rings. The Morgan fingerprint density at radius 3 is 2.91 bits per heavy atom. The molecule has 3 heterocycles. The molecule has 2 aromatic heterocycles. The number of rotatable bonds is 3. The normalized spacial score (nSPS) is 18.4. The largest absolute Gasteiger partial charge is 0.481 e. The van der Waals surface area contributed by atoms with Crippen LogP contribution >= 0.6 is 11.3 Å². The van der Waals surface area contributed by atoms with Crippen LogP contribution in [0.1, 0.15) is 22.5 Å². The van der Waals surface area contributed by atoms with Crippen molar-refractivity contribution in [2.45, 2.75) is 12.8 Å². The second-order valence-electron chi connectivity index (χ2n) is 5.36. The molecule has 0 unspecified atom stereocenters. The average molecular weight is 320 g/mol. The van der Waals surface area contributed by atoms with Gasteiger partial charge in [-0.2, -0.15) is 5.10 Å². The van der Waals surface area contributed by atoms with Crippen LogP contribution in [0.25, 0.3) is 10.6 Å². The molecule has 0 radical (unpaired) electrons. The predicted molar refractivity (Wildman–Crippen MR) is 80.6 cm³/mol. The van der Waals surface area contributed by atoms with Crippen LogP contribution in [0.5, 0.6) is 0 Å². The Balaban J connectivity index is 1.75. The fourth-order valence-electron chi connectivity index (χ4n) is 2.56. The third-order valence-electron chi connectivity index (χ3n) is 3.73. The lowest BCUT2D eigenvalue weighted by Crippen LogP contribution is -2.42. The second-order valence-corrected chi connectivity index (χ2v) is 6.39. The minimum absolute atomic E-state index is 0.140. The molecule has 2 aromatic rings. The summed E-state index contributed by atoms with van der Waals surface area (Å²) in [6.45, 7) is 0.872. The number of hydrogen-bond acceptors (Lipinski definition) is 5. The summed E-state index contributed by atoms with van der Waals surface area (Å²) in [6.07, 6.45) is 6.45. The van der Waals surface area contributed by atoms with Crippen molar-refractivity contribution in [1.29, 1.82) is 0 Å². The van der Waals surface area contributed by atoms with E-state index in [0.29, 0.717) is 17.8 Å². The smallest absolute Gasteiger partial charge is 0.308 e. The number of nitrogens with zero attached hydrogens (tertiary/aromatic N) is 4. The van der Waals surface area contributed by atoms with E-state index in [0.717, 1.165) is 17.0 Å². The van der Waals surface area contributed by atoms with Crippen molar-refractivity contribution in [1.82, 2.24) is 19.7 Å². The van der Waals surface area contributed by atoms with Crippen LogP contribution in [-0.2, 0) is 11.8 Å². The van der Waals surface area contributed by atoms with Gasteiger partial charge in [-0.15, -0.1) is 11.3 Å². The van der Waals surface area contributed by atoms with Gasteiger partial charge in [0.25, 0.3) is 5.91 Å². The van der Waals surface area contributed by atoms with E-state index in [4.69, 9.17) is 5.11 Å². The molecule has 3 rings (SSSR count). The van der Waals surface area contributed by atoms with Gasteiger partial charge < -0.3 is 10.0 Å². The minimum atomic E-state index is -0.835. The zero-order valence-electron chi connectivity index (χ0n) is 12.1. The molecule has 22 heavy (non-hydrogen) atoms. The maximum absolute atomic E-state index is 12.5. The van der Waals surface area contributed by atoms with Crippen molar-refractivity contribution in [3.63, 3.8) is 0 Å². The molecule has 0 spiro atoms. The van der Waals surface area contributed by atoms with Gasteiger partial charge in [-0.25, -0.2) is 4.98 Å². The van der Waals surface area contributed by atoms with Crippen LogP contribution in [-0.4, -0.2) is 49.7 Å². The van der Waals surface area contributed by atoms with Crippen LogP contribution in [0.2, 0.25) is 0 Å². The lowest BCUT2D eigenvalue weighted by atomic mass is 9.98. The van der Waals surface area contributed by atoms with Crippen molar-refractivity contribution in [3.05, 3.63) is 23.5 Å². The van der Waals surface area contributed by atoms with Crippen molar-refractivity contribution in [2.24, 2.45) is 13.0 Å². The van der Waals surface area contributed by atoms with Gasteiger partial charge in [0.2, 0.25) is 0 Å². The number of carbonyl (C=O) groups is 2. The molecule has 1 atom stereocenters. The fraction of sp³-hybridized carbons (Fsp3) is 0.429. The number of piperidine rings is 1. The van der Waals surface area contributed by atoms with E-state index in [1.807, 2.05) is 13.2 Å². The molecule has 1 N–H and O–H groups in total. The number of thiazole rings is 1. The van der Waals surface area contributed by atoms with E-state index in [1.165, 1.54) is 11.3 Å². The Bertz CT molecular complexity index is 709. The summed E-state index contributed by atoms with van der Waals surface area (Å²) in [6, 6.07) is 0. The highest BCUT2D eigenvalue weighted by atomic mass is 32.1. The predicted octanol–water partition coefficient (Wildman–Crippen LogP) is 1.48. The monoisotopic (exact) mass is 320 g/mol. The first-order valence-electron chi connectivity index (χ1n) is 7.01. The van der Waals surface area contributed by atoms with Crippen LogP contribution in [0.4, 0.5) is 0 Å². The molecule has 0 bridgehead atoms. The SMILES string of the molecule is Cn1cc(-c2ncc(C(=O)N3CCC[C@@H](C(=O)O)C3)s2)cn1. The number of aromatic nitrogens is 3. The third-order valence-corrected chi connectivity index (χ3v) is 4.76. The molecular formula is C14H16N4O3S. The van der Waals surface area contributed by atoms with Crippen molar-refractivity contribution >= 4 is 23.2 Å². The van der Waals surface area contributed by atoms with Gasteiger partial charge >= 0.3 is 5.97 Å². The highest BCUT2D eigenvalue weighted by molar-refractivity contribution is 7.16. The van der Waals surface area contributed by atoms with Crippen LogP contribution in [0.3, 0.4) is 0 Å².